The Balaban J connectivity index is 2.70. The van der Waals surface area contributed by atoms with Gasteiger partial charge < -0.3 is 4.74 Å². The van der Waals surface area contributed by atoms with Gasteiger partial charge in [-0.3, -0.25) is 0 Å². The molecule has 0 spiro atoms. The number of methoxy groups -OCH3 is 1. The molecule has 0 aliphatic carbocycles. The highest BCUT2D eigenvalue weighted by molar-refractivity contribution is 9.09. The molecular formula is C13H20BrNO3S. The molecule has 0 amide bonds. The molecule has 4 nitrogen and oxygen atoms in total. The maximum absolute atomic E-state index is 12.2. The van der Waals surface area contributed by atoms with Gasteiger partial charge in [0, 0.05) is 32.1 Å². The molecule has 0 heterocycles. The number of nitrogens with zero attached hydrogens (tertiary/aromatic N) is 1. The highest BCUT2D eigenvalue weighted by Gasteiger charge is 2.21. The summed E-state index contributed by atoms with van der Waals surface area (Å²) in [7, 11) is -1.66. The zero-order valence-corrected chi connectivity index (χ0v) is 13.5. The Labute approximate surface area is 123 Å². The summed E-state index contributed by atoms with van der Waals surface area (Å²) < 4.78 is 30.9. The Morgan fingerprint density at radius 1 is 1.26 bits per heavy atom. The van der Waals surface area contributed by atoms with Crippen LogP contribution in [0.5, 0.6) is 0 Å². The Hall–Kier alpha value is -0.430. The lowest BCUT2D eigenvalue weighted by molar-refractivity contribution is 0.199. The number of ether oxygens (including phenoxy) is 1. The Kier molecular flexibility index (Phi) is 7.60. The monoisotopic (exact) mass is 349 g/mol. The Morgan fingerprint density at radius 3 is 2.53 bits per heavy atom. The summed E-state index contributed by atoms with van der Waals surface area (Å²) in [4.78, 5) is 0. The molecule has 1 aromatic carbocycles. The van der Waals surface area contributed by atoms with E-state index in [2.05, 4.69) is 15.9 Å². The van der Waals surface area contributed by atoms with Crippen molar-refractivity contribution in [2.45, 2.75) is 13.0 Å². The second-order valence-corrected chi connectivity index (χ2v) is 7.05. The van der Waals surface area contributed by atoms with Gasteiger partial charge in [-0.15, -0.1) is 0 Å². The van der Waals surface area contributed by atoms with Gasteiger partial charge >= 0.3 is 0 Å². The van der Waals surface area contributed by atoms with Crippen LogP contribution in [-0.2, 0) is 21.3 Å². The van der Waals surface area contributed by atoms with Crippen LogP contribution in [-0.4, -0.2) is 44.1 Å². The van der Waals surface area contributed by atoms with E-state index in [1.807, 2.05) is 30.3 Å². The number of halogens is 1. The van der Waals surface area contributed by atoms with Gasteiger partial charge in [0.05, 0.1) is 5.75 Å². The van der Waals surface area contributed by atoms with Gasteiger partial charge in [-0.2, -0.15) is 4.31 Å². The number of hydrogen-bond donors (Lipinski definition) is 0. The molecule has 19 heavy (non-hydrogen) atoms. The molecule has 6 heteroatoms. The SMILES string of the molecule is COCCCS(=O)(=O)N(CCBr)Cc1ccccc1. The van der Waals surface area contributed by atoms with Gasteiger partial charge in [0.25, 0.3) is 0 Å². The zero-order valence-electron chi connectivity index (χ0n) is 11.1. The highest BCUT2D eigenvalue weighted by atomic mass is 79.9. The van der Waals surface area contributed by atoms with Gasteiger partial charge in [0.2, 0.25) is 10.0 Å². The maximum atomic E-state index is 12.2. The lowest BCUT2D eigenvalue weighted by Crippen LogP contribution is -2.34. The van der Waals surface area contributed by atoms with Gasteiger partial charge in [-0.25, -0.2) is 8.42 Å². The number of hydrogen-bond acceptors (Lipinski definition) is 3. The second-order valence-electron chi connectivity index (χ2n) is 4.17. The predicted octanol–water partition coefficient (Wildman–Crippen LogP) is 2.25. The summed E-state index contributed by atoms with van der Waals surface area (Å²) in [6.07, 6.45) is 0.520. The first-order valence-corrected chi connectivity index (χ1v) is 8.90. The molecule has 0 atom stereocenters. The average molecular weight is 350 g/mol. The van der Waals surface area contributed by atoms with Crippen molar-refractivity contribution in [2.75, 3.05) is 31.3 Å². The minimum Gasteiger partial charge on any atom is -0.385 e. The molecule has 0 unspecified atom stereocenters. The van der Waals surface area contributed by atoms with Crippen LogP contribution < -0.4 is 0 Å². The largest absolute Gasteiger partial charge is 0.385 e. The molecule has 0 saturated heterocycles. The third-order valence-electron chi connectivity index (χ3n) is 2.68. The van der Waals surface area contributed by atoms with Crippen LogP contribution in [0.15, 0.2) is 30.3 Å². The quantitative estimate of drug-likeness (QED) is 0.507. The molecule has 1 aromatic rings. The fourth-order valence-electron chi connectivity index (χ4n) is 1.71. The molecule has 1 rings (SSSR count). The summed E-state index contributed by atoms with van der Waals surface area (Å²) in [5.41, 5.74) is 0.999. The van der Waals surface area contributed by atoms with E-state index in [1.54, 1.807) is 7.11 Å². The lowest BCUT2D eigenvalue weighted by Gasteiger charge is -2.21. The van der Waals surface area contributed by atoms with E-state index in [1.165, 1.54) is 4.31 Å². The van der Waals surface area contributed by atoms with Crippen molar-refractivity contribution in [1.29, 1.82) is 0 Å². The number of rotatable bonds is 9. The molecule has 108 valence electrons. The first-order chi connectivity index (χ1) is 9.10. The van der Waals surface area contributed by atoms with Gasteiger partial charge in [0.1, 0.15) is 0 Å². The minimum atomic E-state index is -3.23. The molecule has 0 aromatic heterocycles. The first-order valence-electron chi connectivity index (χ1n) is 6.17. The normalized spacial score (nSPS) is 11.9. The molecule has 0 aliphatic rings. The third kappa shape index (κ3) is 6.03. The highest BCUT2D eigenvalue weighted by Crippen LogP contribution is 2.11. The van der Waals surface area contributed by atoms with Gasteiger partial charge in [0.15, 0.2) is 0 Å². The van der Waals surface area contributed by atoms with E-state index in [9.17, 15) is 8.42 Å². The summed E-state index contributed by atoms with van der Waals surface area (Å²) in [5, 5.41) is 0.628. The standard InChI is InChI=1S/C13H20BrNO3S/c1-18-10-5-11-19(16,17)15(9-8-14)12-13-6-3-2-4-7-13/h2-4,6-7H,5,8-12H2,1H3. The minimum absolute atomic E-state index is 0.126. The fourth-order valence-corrected chi connectivity index (χ4v) is 3.83. The molecular weight excluding hydrogens is 330 g/mol. The van der Waals surface area contributed by atoms with Crippen LogP contribution in [0.1, 0.15) is 12.0 Å². The predicted molar refractivity (Wildman–Crippen MR) is 80.9 cm³/mol. The van der Waals surface area contributed by atoms with Crippen LogP contribution >= 0.6 is 15.9 Å². The van der Waals surface area contributed by atoms with E-state index in [-0.39, 0.29) is 5.75 Å². The summed E-state index contributed by atoms with van der Waals surface area (Å²) in [5.74, 6) is 0.126. The number of sulfonamides is 1. The molecule has 0 fully saturated rings. The van der Waals surface area contributed by atoms with Gasteiger partial charge in [-0.1, -0.05) is 46.3 Å². The van der Waals surface area contributed by atoms with Crippen LogP contribution in [0.3, 0.4) is 0 Å². The number of benzene rings is 1. The molecule has 0 saturated carbocycles. The van der Waals surface area contributed by atoms with Crippen molar-refractivity contribution in [3.63, 3.8) is 0 Å². The van der Waals surface area contributed by atoms with E-state index >= 15 is 0 Å². The van der Waals surface area contributed by atoms with E-state index < -0.39 is 10.0 Å². The van der Waals surface area contributed by atoms with Crippen LogP contribution in [0.4, 0.5) is 0 Å². The smallest absolute Gasteiger partial charge is 0.214 e. The Morgan fingerprint density at radius 2 is 1.95 bits per heavy atom. The summed E-state index contributed by atoms with van der Waals surface area (Å²) in [6.45, 7) is 1.36. The lowest BCUT2D eigenvalue weighted by atomic mass is 10.2. The fraction of sp³-hybridized carbons (Fsp3) is 0.538. The molecule has 0 N–H and O–H groups in total. The van der Waals surface area contributed by atoms with Crippen LogP contribution in [0.25, 0.3) is 0 Å². The van der Waals surface area contributed by atoms with Crippen molar-refractivity contribution in [3.05, 3.63) is 35.9 Å². The molecule has 0 radical (unpaired) electrons. The summed E-state index contributed by atoms with van der Waals surface area (Å²) in [6, 6.07) is 9.63. The summed E-state index contributed by atoms with van der Waals surface area (Å²) >= 11 is 3.31. The van der Waals surface area contributed by atoms with Crippen molar-refractivity contribution in [2.24, 2.45) is 0 Å². The number of alkyl halides is 1. The topological polar surface area (TPSA) is 46.6 Å². The van der Waals surface area contributed by atoms with Gasteiger partial charge in [-0.05, 0) is 12.0 Å². The zero-order chi connectivity index (χ0) is 14.1. The second kappa shape index (κ2) is 8.68. The average Bonchev–Trinajstić information content (AvgIpc) is 2.39. The first kappa shape index (κ1) is 16.6. The van der Waals surface area contributed by atoms with Crippen molar-refractivity contribution < 1.29 is 13.2 Å². The van der Waals surface area contributed by atoms with E-state index in [0.29, 0.717) is 31.4 Å². The van der Waals surface area contributed by atoms with E-state index in [4.69, 9.17) is 4.74 Å². The third-order valence-corrected chi connectivity index (χ3v) is 4.94. The Bertz CT molecular complexity index is 450. The molecule has 0 bridgehead atoms. The van der Waals surface area contributed by atoms with Crippen molar-refractivity contribution in [3.8, 4) is 0 Å². The van der Waals surface area contributed by atoms with Crippen molar-refractivity contribution in [1.82, 2.24) is 4.31 Å². The van der Waals surface area contributed by atoms with Crippen LogP contribution in [0.2, 0.25) is 0 Å². The van der Waals surface area contributed by atoms with Crippen LogP contribution in [0, 0.1) is 0 Å². The molecule has 0 aliphatic heterocycles. The maximum Gasteiger partial charge on any atom is 0.214 e. The van der Waals surface area contributed by atoms with Crippen molar-refractivity contribution >= 4 is 26.0 Å². The van der Waals surface area contributed by atoms with E-state index in [0.717, 1.165) is 5.56 Å².